The van der Waals surface area contributed by atoms with E-state index in [0.29, 0.717) is 87.1 Å². The summed E-state index contributed by atoms with van der Waals surface area (Å²) in [5, 5.41) is 14.8. The molecule has 4 aliphatic rings. The fourth-order valence-electron chi connectivity index (χ4n) is 9.82. The number of amides is 5. The molecule has 0 radical (unpaired) electrons. The van der Waals surface area contributed by atoms with E-state index in [9.17, 15) is 29.1 Å². The number of phenols is 1. The number of rotatable bonds is 18. The molecule has 4 aliphatic heterocycles. The number of hydrogen-bond donors (Lipinski definition) is 2. The minimum Gasteiger partial charge on any atom is -0.508 e. The summed E-state index contributed by atoms with van der Waals surface area (Å²) in [4.78, 5) is 79.2. The Labute approximate surface area is 438 Å². The number of anilines is 1. The second kappa shape index (κ2) is 23.0. The summed E-state index contributed by atoms with van der Waals surface area (Å²) in [5.74, 6) is -2.19. The van der Waals surface area contributed by atoms with Crippen LogP contribution in [-0.4, -0.2) is 169 Å². The highest BCUT2D eigenvalue weighted by atomic mass is 35.5. The van der Waals surface area contributed by atoms with Crippen molar-refractivity contribution in [2.24, 2.45) is 0 Å². The molecule has 2 N–H and O–H groups in total. The van der Waals surface area contributed by atoms with Gasteiger partial charge in [0.05, 0.1) is 55.3 Å². The quantitative estimate of drug-likeness (QED) is 0.0685. The molecule has 19 nitrogen and oxygen atoms in total. The number of hydrogen-bond acceptors (Lipinski definition) is 16. The summed E-state index contributed by atoms with van der Waals surface area (Å²) >= 11 is 6.95. The van der Waals surface area contributed by atoms with Gasteiger partial charge < -0.3 is 43.3 Å². The van der Waals surface area contributed by atoms with E-state index in [1.807, 2.05) is 56.9 Å². The van der Waals surface area contributed by atoms with Gasteiger partial charge in [-0.2, -0.15) is 9.97 Å². The number of fused-ring (bicyclic) bond motifs is 3. The van der Waals surface area contributed by atoms with Crippen LogP contribution in [0.3, 0.4) is 0 Å². The lowest BCUT2D eigenvalue weighted by molar-refractivity contribution is -0.136. The molecule has 5 heterocycles. The molecule has 1 aromatic heterocycles. The molecule has 3 fully saturated rings. The average Bonchev–Trinajstić information content (AvgIpc) is 3.61. The van der Waals surface area contributed by atoms with E-state index in [4.69, 9.17) is 45.0 Å². The third kappa shape index (κ3) is 12.4. The Morgan fingerprint density at radius 2 is 1.53 bits per heavy atom. The normalized spacial score (nSPS) is 18.2. The van der Waals surface area contributed by atoms with Crippen molar-refractivity contribution in [1.82, 2.24) is 30.0 Å². The molecule has 398 valence electrons. The molecule has 21 heteroatoms. The minimum atomic E-state index is -1.04. The zero-order chi connectivity index (χ0) is 53.0. The number of ether oxygens (including phenoxy) is 6. The van der Waals surface area contributed by atoms with Crippen molar-refractivity contribution < 1.29 is 61.9 Å². The number of aromatic nitrogens is 2. The maximum atomic E-state index is 17.2. The van der Waals surface area contributed by atoms with E-state index in [1.165, 1.54) is 18.2 Å². The number of halogens is 2. The van der Waals surface area contributed by atoms with Crippen LogP contribution in [0.1, 0.15) is 74.1 Å². The summed E-state index contributed by atoms with van der Waals surface area (Å²) in [6.45, 7) is 13.0. The van der Waals surface area contributed by atoms with Crippen molar-refractivity contribution in [3.05, 3.63) is 82.6 Å². The van der Waals surface area contributed by atoms with Crippen LogP contribution in [0.2, 0.25) is 5.02 Å². The first-order chi connectivity index (χ1) is 36.0. The van der Waals surface area contributed by atoms with Gasteiger partial charge in [0.2, 0.25) is 11.8 Å². The highest BCUT2D eigenvalue weighted by Crippen LogP contribution is 2.43. The van der Waals surface area contributed by atoms with Crippen molar-refractivity contribution in [3.63, 3.8) is 0 Å². The number of nitrogens with one attached hydrogen (secondary N) is 1. The van der Waals surface area contributed by atoms with Crippen LogP contribution in [0.25, 0.3) is 32.8 Å². The molecule has 5 aromatic rings. The van der Waals surface area contributed by atoms with Gasteiger partial charge in [-0.1, -0.05) is 35.9 Å². The van der Waals surface area contributed by atoms with E-state index < -0.39 is 47.2 Å². The summed E-state index contributed by atoms with van der Waals surface area (Å²) in [6, 6.07) is 15.7. The molecule has 2 unspecified atom stereocenters. The van der Waals surface area contributed by atoms with Crippen LogP contribution in [0, 0.1) is 5.82 Å². The fraction of sp³-hybridized carbons (Fsp3) is 0.463. The summed E-state index contributed by atoms with van der Waals surface area (Å²) < 4.78 is 52.4. The number of carbonyl (C=O) groups is 5. The Morgan fingerprint density at radius 3 is 2.27 bits per heavy atom. The predicted molar refractivity (Wildman–Crippen MR) is 275 cm³/mol. The molecule has 0 spiro atoms. The van der Waals surface area contributed by atoms with E-state index in [-0.39, 0.29) is 77.3 Å². The van der Waals surface area contributed by atoms with Crippen LogP contribution >= 0.6 is 11.6 Å². The van der Waals surface area contributed by atoms with Crippen LogP contribution in [0.5, 0.6) is 17.5 Å². The van der Waals surface area contributed by atoms with Crippen LogP contribution < -0.4 is 19.7 Å². The lowest BCUT2D eigenvalue weighted by atomic mass is 9.96. The van der Waals surface area contributed by atoms with Crippen molar-refractivity contribution >= 4 is 68.8 Å². The zero-order valence-corrected chi connectivity index (χ0v) is 43.2. The first-order valence-electron chi connectivity index (χ1n) is 25.3. The van der Waals surface area contributed by atoms with Crippen molar-refractivity contribution in [1.29, 1.82) is 0 Å². The molecule has 0 bridgehead atoms. The van der Waals surface area contributed by atoms with Gasteiger partial charge in [0.1, 0.15) is 47.2 Å². The second-order valence-electron chi connectivity index (χ2n) is 20.0. The minimum absolute atomic E-state index is 0.000574. The summed E-state index contributed by atoms with van der Waals surface area (Å²) in [7, 11) is 0. The lowest BCUT2D eigenvalue weighted by Crippen LogP contribution is -2.54. The number of likely N-dealkylation sites (tertiary alicyclic amines) is 1. The van der Waals surface area contributed by atoms with Gasteiger partial charge in [-0.15, -0.1) is 0 Å². The number of benzene rings is 4. The predicted octanol–water partition coefficient (Wildman–Crippen LogP) is 6.77. The topological polar surface area (TPSA) is 212 Å². The Hall–Kier alpha value is -6.71. The van der Waals surface area contributed by atoms with Gasteiger partial charge >= 0.3 is 12.1 Å². The number of nitrogens with zero attached hydrogens (tertiary/aromatic N) is 6. The number of phenolic OH excluding ortho intramolecular Hbond substituents is 1. The van der Waals surface area contributed by atoms with Gasteiger partial charge in [-0.25, -0.2) is 9.18 Å². The summed E-state index contributed by atoms with van der Waals surface area (Å²) in [5.41, 5.74) is 0.202. The highest BCUT2D eigenvalue weighted by molar-refractivity contribution is 6.35. The Morgan fingerprint density at radius 1 is 0.827 bits per heavy atom. The maximum absolute atomic E-state index is 17.2. The van der Waals surface area contributed by atoms with Crippen molar-refractivity contribution in [2.45, 2.75) is 77.2 Å². The highest BCUT2D eigenvalue weighted by Gasteiger charge is 2.45. The van der Waals surface area contributed by atoms with Crippen molar-refractivity contribution in [3.8, 4) is 28.6 Å². The van der Waals surface area contributed by atoms with Crippen molar-refractivity contribution in [2.75, 3.05) is 90.4 Å². The second-order valence-corrected chi connectivity index (χ2v) is 20.4. The molecule has 4 aromatic carbocycles. The maximum Gasteiger partial charge on any atom is 0.410 e. The average molecular weight is 1050 g/mol. The molecule has 0 aliphatic carbocycles. The Kier molecular flexibility index (Phi) is 16.3. The smallest absolute Gasteiger partial charge is 0.410 e. The monoisotopic (exact) mass is 1050 g/mol. The Bertz CT molecular complexity index is 2980. The third-order valence-electron chi connectivity index (χ3n) is 13.4. The number of piperazine rings is 1. The van der Waals surface area contributed by atoms with Gasteiger partial charge in [0, 0.05) is 63.2 Å². The zero-order valence-electron chi connectivity index (χ0n) is 42.4. The fourth-order valence-corrected chi connectivity index (χ4v) is 10.1. The van der Waals surface area contributed by atoms with Gasteiger partial charge in [-0.05, 0) is 99.7 Å². The van der Waals surface area contributed by atoms with E-state index in [2.05, 4.69) is 15.2 Å². The number of aromatic hydroxyl groups is 1. The van der Waals surface area contributed by atoms with Crippen LogP contribution in [0.15, 0.2) is 60.7 Å². The number of imide groups is 2. The summed E-state index contributed by atoms with van der Waals surface area (Å²) in [6.07, 6.45) is 1.04. The van der Waals surface area contributed by atoms with Gasteiger partial charge in [0.15, 0.2) is 5.82 Å². The molecule has 0 saturated carbocycles. The molecule has 2 atom stereocenters. The first-order valence-corrected chi connectivity index (χ1v) is 25.7. The molecule has 3 saturated heterocycles. The molecular weight excluding hydrogens is 993 g/mol. The Balaban J connectivity index is 0.728. The first kappa shape index (κ1) is 53.1. The van der Waals surface area contributed by atoms with E-state index in [0.717, 1.165) is 36.2 Å². The molecular formula is C54H61ClFN7O12. The van der Waals surface area contributed by atoms with E-state index >= 15 is 4.39 Å². The molecule has 5 amide bonds. The molecule has 75 heavy (non-hydrogen) atoms. The SMILES string of the molecule is CC(CN1CCC(OCCOCCOCCOc2ccc3c(c2)C(=O)N(C2CCC(=O)NC2=O)C3=O)CC1)Oc1nc(N2CCN(C(=O)OC(C)(C)C)CC2)c2cc(Cl)c(-c3cc(O)cc4ccccc34)c(F)c2n1. The lowest BCUT2D eigenvalue weighted by Gasteiger charge is -2.36. The number of carbonyl (C=O) groups excluding carboxylic acids is 5. The van der Waals surface area contributed by atoms with Gasteiger partial charge in [-0.3, -0.25) is 34.3 Å². The van der Waals surface area contributed by atoms with Gasteiger partial charge in [0.25, 0.3) is 11.8 Å². The van der Waals surface area contributed by atoms with Crippen LogP contribution in [0.4, 0.5) is 15.0 Å². The molecule has 9 rings (SSSR count). The largest absolute Gasteiger partial charge is 0.508 e. The number of piperidine rings is 2. The van der Waals surface area contributed by atoms with E-state index in [1.54, 1.807) is 23.1 Å². The standard InChI is InChI=1S/C54H61ClFN7O12/c1-32(31-60-15-13-35(14-16-60)72-25-23-70-21-22-71-24-26-73-36-9-10-38-40(29-36)51(68)63(50(38)67)43-11-12-44(65)57-49(43)66)74-52-58-47-41(48(59-52)61-17-19-62(20-18-61)53(69)75-54(2,3)4)30-42(55)45(46(47)56)39-28-34(64)27-33-7-5-6-8-37(33)39/h5-10,27-30,32,35,43,64H,11-26,31H2,1-4H3,(H,57,65,66). The van der Waals surface area contributed by atoms with Crippen LogP contribution in [-0.2, 0) is 28.5 Å². The third-order valence-corrected chi connectivity index (χ3v) is 13.7.